The molecule has 0 saturated heterocycles. The quantitative estimate of drug-likeness (QED) is 0.798. The number of hydrogen-bond donors (Lipinski definition) is 1. The fourth-order valence-corrected chi connectivity index (χ4v) is 3.05. The second kappa shape index (κ2) is 5.29. The zero-order valence-electron chi connectivity index (χ0n) is 9.13. The molecular formula is C13H16Cl2O. The highest BCUT2D eigenvalue weighted by Gasteiger charge is 2.22. The van der Waals surface area contributed by atoms with E-state index in [1.807, 2.05) is 6.07 Å². The summed E-state index contributed by atoms with van der Waals surface area (Å²) in [6.45, 7) is 0. The Morgan fingerprint density at radius 2 is 2.06 bits per heavy atom. The molecule has 0 amide bonds. The smallest absolute Gasteiger partial charge is 0.117 e. The molecule has 88 valence electrons. The Balaban J connectivity index is 1.89. The molecule has 1 fully saturated rings. The Morgan fingerprint density at radius 1 is 1.25 bits per heavy atom. The number of phenols is 1. The molecule has 1 aliphatic rings. The number of rotatable bonds is 3. The first-order chi connectivity index (χ1) is 7.63. The molecule has 0 aliphatic heterocycles. The lowest BCUT2D eigenvalue weighted by atomic mass is 9.98. The van der Waals surface area contributed by atoms with E-state index < -0.39 is 0 Å². The second-order valence-electron chi connectivity index (χ2n) is 4.63. The van der Waals surface area contributed by atoms with Crippen LogP contribution in [0, 0.1) is 5.92 Å². The third-order valence-electron chi connectivity index (χ3n) is 3.26. The monoisotopic (exact) mass is 258 g/mol. The van der Waals surface area contributed by atoms with Crippen LogP contribution in [0.25, 0.3) is 0 Å². The van der Waals surface area contributed by atoms with Gasteiger partial charge < -0.3 is 5.11 Å². The fraction of sp³-hybridized carbons (Fsp3) is 0.538. The molecule has 2 rings (SSSR count). The van der Waals surface area contributed by atoms with Crippen molar-refractivity contribution >= 4 is 23.2 Å². The molecule has 0 heterocycles. The summed E-state index contributed by atoms with van der Waals surface area (Å²) in [4.78, 5) is 0. The lowest BCUT2D eigenvalue weighted by molar-refractivity contribution is 0.472. The van der Waals surface area contributed by atoms with Gasteiger partial charge in [0, 0.05) is 10.4 Å². The van der Waals surface area contributed by atoms with Gasteiger partial charge in [0.2, 0.25) is 0 Å². The molecule has 1 aromatic rings. The summed E-state index contributed by atoms with van der Waals surface area (Å²) in [7, 11) is 0. The number of hydrogen-bond acceptors (Lipinski definition) is 1. The number of benzene rings is 1. The SMILES string of the molecule is Oc1cc(Cl)cc(CCC2CCC(Cl)C2)c1. The first-order valence-corrected chi connectivity index (χ1v) is 6.57. The number of phenolic OH excluding ortho intramolecular Hbond substituents is 1. The molecule has 0 spiro atoms. The van der Waals surface area contributed by atoms with Gasteiger partial charge in [-0.25, -0.2) is 0 Å². The van der Waals surface area contributed by atoms with Crippen LogP contribution in [0.1, 0.15) is 31.2 Å². The average Bonchev–Trinajstić information content (AvgIpc) is 2.60. The minimum Gasteiger partial charge on any atom is -0.508 e. The van der Waals surface area contributed by atoms with Crippen LogP contribution in [0.3, 0.4) is 0 Å². The minimum atomic E-state index is 0.254. The normalized spacial score (nSPS) is 24.9. The van der Waals surface area contributed by atoms with Crippen LogP contribution < -0.4 is 0 Å². The van der Waals surface area contributed by atoms with Crippen molar-refractivity contribution in [2.24, 2.45) is 5.92 Å². The van der Waals surface area contributed by atoms with Gasteiger partial charge in [-0.05, 0) is 61.8 Å². The minimum absolute atomic E-state index is 0.254. The van der Waals surface area contributed by atoms with Gasteiger partial charge in [0.15, 0.2) is 0 Å². The van der Waals surface area contributed by atoms with Gasteiger partial charge in [0.25, 0.3) is 0 Å². The predicted molar refractivity (Wildman–Crippen MR) is 68.4 cm³/mol. The molecule has 2 atom stereocenters. The van der Waals surface area contributed by atoms with Crippen LogP contribution in [-0.2, 0) is 6.42 Å². The van der Waals surface area contributed by atoms with E-state index in [9.17, 15) is 5.11 Å². The van der Waals surface area contributed by atoms with Crippen molar-refractivity contribution in [2.45, 2.75) is 37.5 Å². The van der Waals surface area contributed by atoms with Gasteiger partial charge in [-0.2, -0.15) is 0 Å². The van der Waals surface area contributed by atoms with Gasteiger partial charge >= 0.3 is 0 Å². The summed E-state index contributed by atoms with van der Waals surface area (Å²) in [5.41, 5.74) is 1.11. The van der Waals surface area contributed by atoms with Crippen molar-refractivity contribution in [2.75, 3.05) is 0 Å². The summed E-state index contributed by atoms with van der Waals surface area (Å²) in [5.74, 6) is 0.993. The lowest BCUT2D eigenvalue weighted by Crippen LogP contribution is -1.98. The number of halogens is 2. The standard InChI is InChI=1S/C13H16Cl2O/c14-11-4-3-9(5-11)1-2-10-6-12(15)8-13(16)7-10/h6-9,11,16H,1-5H2. The van der Waals surface area contributed by atoms with Gasteiger partial charge in [-0.3, -0.25) is 0 Å². The lowest BCUT2D eigenvalue weighted by Gasteiger charge is -2.09. The van der Waals surface area contributed by atoms with Crippen LogP contribution in [0.5, 0.6) is 5.75 Å². The highest BCUT2D eigenvalue weighted by atomic mass is 35.5. The Labute approximate surface area is 106 Å². The van der Waals surface area contributed by atoms with E-state index in [0.29, 0.717) is 10.4 Å². The predicted octanol–water partition coefficient (Wildman–Crippen LogP) is 4.39. The average molecular weight is 259 g/mol. The molecule has 1 N–H and O–H groups in total. The van der Waals surface area contributed by atoms with Crippen LogP contribution in [0.2, 0.25) is 5.02 Å². The number of aromatic hydroxyl groups is 1. The zero-order chi connectivity index (χ0) is 11.5. The first-order valence-electron chi connectivity index (χ1n) is 5.76. The molecule has 1 aromatic carbocycles. The van der Waals surface area contributed by atoms with E-state index in [1.54, 1.807) is 12.1 Å². The summed E-state index contributed by atoms with van der Waals surface area (Å²) >= 11 is 12.0. The van der Waals surface area contributed by atoms with Crippen molar-refractivity contribution in [3.05, 3.63) is 28.8 Å². The van der Waals surface area contributed by atoms with Crippen molar-refractivity contribution in [3.8, 4) is 5.75 Å². The molecule has 0 aromatic heterocycles. The van der Waals surface area contributed by atoms with Gasteiger partial charge in [0.1, 0.15) is 5.75 Å². The molecular weight excluding hydrogens is 243 g/mol. The van der Waals surface area contributed by atoms with E-state index in [4.69, 9.17) is 23.2 Å². The van der Waals surface area contributed by atoms with E-state index in [0.717, 1.165) is 37.2 Å². The number of alkyl halides is 1. The fourth-order valence-electron chi connectivity index (χ4n) is 2.42. The topological polar surface area (TPSA) is 20.2 Å². The van der Waals surface area contributed by atoms with Gasteiger partial charge in [0.05, 0.1) is 0 Å². The highest BCUT2D eigenvalue weighted by molar-refractivity contribution is 6.30. The van der Waals surface area contributed by atoms with Gasteiger partial charge in [-0.15, -0.1) is 11.6 Å². The Bertz CT molecular complexity index is 345. The zero-order valence-corrected chi connectivity index (χ0v) is 10.6. The molecule has 16 heavy (non-hydrogen) atoms. The highest BCUT2D eigenvalue weighted by Crippen LogP contribution is 2.33. The molecule has 3 heteroatoms. The van der Waals surface area contributed by atoms with E-state index >= 15 is 0 Å². The van der Waals surface area contributed by atoms with E-state index in [2.05, 4.69) is 0 Å². The Hall–Kier alpha value is -0.400. The first kappa shape index (κ1) is 12.1. The largest absolute Gasteiger partial charge is 0.508 e. The van der Waals surface area contributed by atoms with Crippen LogP contribution >= 0.6 is 23.2 Å². The Kier molecular flexibility index (Phi) is 3.99. The maximum atomic E-state index is 9.42. The molecule has 1 nitrogen and oxygen atoms in total. The van der Waals surface area contributed by atoms with E-state index in [1.165, 1.54) is 6.42 Å². The molecule has 2 unspecified atom stereocenters. The maximum absolute atomic E-state index is 9.42. The van der Waals surface area contributed by atoms with Crippen molar-refractivity contribution in [3.63, 3.8) is 0 Å². The summed E-state index contributed by atoms with van der Waals surface area (Å²) in [5, 5.41) is 10.4. The summed E-state index contributed by atoms with van der Waals surface area (Å²) < 4.78 is 0. The molecule has 1 saturated carbocycles. The molecule has 0 radical (unpaired) electrons. The molecule has 0 bridgehead atoms. The third kappa shape index (κ3) is 3.29. The van der Waals surface area contributed by atoms with Crippen molar-refractivity contribution in [1.82, 2.24) is 0 Å². The maximum Gasteiger partial charge on any atom is 0.117 e. The van der Waals surface area contributed by atoms with Crippen LogP contribution in [0.15, 0.2) is 18.2 Å². The third-order valence-corrected chi connectivity index (χ3v) is 3.88. The summed E-state index contributed by atoms with van der Waals surface area (Å²) in [6, 6.07) is 5.28. The summed E-state index contributed by atoms with van der Waals surface area (Å²) in [6.07, 6.45) is 5.63. The van der Waals surface area contributed by atoms with Gasteiger partial charge in [-0.1, -0.05) is 11.6 Å². The second-order valence-corrected chi connectivity index (χ2v) is 5.69. The molecule has 1 aliphatic carbocycles. The van der Waals surface area contributed by atoms with Crippen LogP contribution in [-0.4, -0.2) is 10.5 Å². The van der Waals surface area contributed by atoms with Crippen molar-refractivity contribution in [1.29, 1.82) is 0 Å². The Morgan fingerprint density at radius 3 is 2.69 bits per heavy atom. The van der Waals surface area contributed by atoms with Crippen LogP contribution in [0.4, 0.5) is 0 Å². The van der Waals surface area contributed by atoms with Crippen molar-refractivity contribution < 1.29 is 5.11 Å². The van der Waals surface area contributed by atoms with E-state index in [-0.39, 0.29) is 5.75 Å². The number of aryl methyl sites for hydroxylation is 1.